The van der Waals surface area contributed by atoms with Crippen LogP contribution < -0.4 is 4.74 Å². The summed E-state index contributed by atoms with van der Waals surface area (Å²) in [6, 6.07) is 14.2. The van der Waals surface area contributed by atoms with Gasteiger partial charge in [-0.15, -0.1) is 0 Å². The summed E-state index contributed by atoms with van der Waals surface area (Å²) >= 11 is 0. The Morgan fingerprint density at radius 1 is 1.00 bits per heavy atom. The quantitative estimate of drug-likeness (QED) is 0.418. The molecule has 1 aromatic heterocycles. The van der Waals surface area contributed by atoms with Crippen LogP contribution in [0, 0.1) is 17.7 Å². The summed E-state index contributed by atoms with van der Waals surface area (Å²) < 4.78 is 55.6. The summed E-state index contributed by atoms with van der Waals surface area (Å²) in [5.74, 6) is 0.797. The van der Waals surface area contributed by atoms with Gasteiger partial charge in [0.05, 0.1) is 7.11 Å². The summed E-state index contributed by atoms with van der Waals surface area (Å²) in [7, 11) is 1.49. The SMILES string of the molecule is COc1ccc(-n2ccnc2C(F)(F)F)cc1.Fc1ccccc1.OCCC[C@@H]1CC[C@H](CO)C1. The van der Waals surface area contributed by atoms with E-state index in [-0.39, 0.29) is 5.82 Å². The number of hydrogen-bond donors (Lipinski definition) is 2. The minimum absolute atomic E-state index is 0.178. The first-order valence-corrected chi connectivity index (χ1v) is 11.5. The standard InChI is InChI=1S/C11H9F3N2O.C9H18O2.C6H5F/c1-17-9-4-2-8(3-5-9)16-7-6-15-10(16)11(12,13)14;10-5-1-2-8-3-4-9(6-8)7-11;7-6-4-2-1-3-5-6/h2-7H,1H3;8-11H,1-7H2;1-5H/t;8-,9+;/m.1./s1. The number of hydrogen-bond acceptors (Lipinski definition) is 4. The zero-order chi connectivity index (χ0) is 25.7. The van der Waals surface area contributed by atoms with Gasteiger partial charge in [0.1, 0.15) is 11.6 Å². The van der Waals surface area contributed by atoms with E-state index >= 15 is 0 Å². The highest BCUT2D eigenvalue weighted by molar-refractivity contribution is 5.38. The molecule has 2 atom stereocenters. The highest BCUT2D eigenvalue weighted by Gasteiger charge is 2.36. The molecule has 0 saturated heterocycles. The van der Waals surface area contributed by atoms with Gasteiger partial charge in [0.15, 0.2) is 0 Å². The van der Waals surface area contributed by atoms with Crippen molar-refractivity contribution in [3.63, 3.8) is 0 Å². The smallest absolute Gasteiger partial charge is 0.450 e. The number of rotatable bonds is 6. The number of benzene rings is 2. The largest absolute Gasteiger partial charge is 0.497 e. The van der Waals surface area contributed by atoms with Gasteiger partial charge in [0, 0.05) is 31.3 Å². The topological polar surface area (TPSA) is 67.5 Å². The molecule has 1 aliphatic rings. The molecule has 1 aliphatic carbocycles. The Morgan fingerprint density at radius 3 is 2.14 bits per heavy atom. The lowest BCUT2D eigenvalue weighted by molar-refractivity contribution is -0.145. The van der Waals surface area contributed by atoms with E-state index in [1.165, 1.54) is 56.8 Å². The van der Waals surface area contributed by atoms with Crippen molar-refractivity contribution in [1.29, 1.82) is 0 Å². The molecule has 1 saturated carbocycles. The summed E-state index contributed by atoms with van der Waals surface area (Å²) in [4.78, 5) is 3.31. The molecular weight excluding hydrogens is 464 g/mol. The van der Waals surface area contributed by atoms with Crippen LogP contribution in [0.1, 0.15) is 37.9 Å². The van der Waals surface area contributed by atoms with Crippen LogP contribution in [0.2, 0.25) is 0 Å². The monoisotopic (exact) mass is 496 g/mol. The van der Waals surface area contributed by atoms with Gasteiger partial charge in [-0.1, -0.05) is 24.6 Å². The third kappa shape index (κ3) is 9.70. The Hall–Kier alpha value is -2.91. The van der Waals surface area contributed by atoms with Crippen LogP contribution in [0.15, 0.2) is 67.0 Å². The van der Waals surface area contributed by atoms with Crippen molar-refractivity contribution in [2.24, 2.45) is 11.8 Å². The molecular formula is C26H32F4N2O3. The molecule has 1 heterocycles. The van der Waals surface area contributed by atoms with Gasteiger partial charge in [0.25, 0.3) is 0 Å². The fourth-order valence-corrected chi connectivity index (χ4v) is 3.87. The minimum Gasteiger partial charge on any atom is -0.497 e. The van der Waals surface area contributed by atoms with E-state index in [1.807, 2.05) is 0 Å². The summed E-state index contributed by atoms with van der Waals surface area (Å²) in [5.41, 5.74) is 0.385. The maximum Gasteiger partial charge on any atom is 0.450 e. The maximum atomic E-state index is 12.6. The molecule has 192 valence electrons. The predicted octanol–water partition coefficient (Wildman–Crippen LogP) is 5.89. The zero-order valence-electron chi connectivity index (χ0n) is 19.7. The van der Waals surface area contributed by atoms with Gasteiger partial charge >= 0.3 is 6.18 Å². The number of aliphatic hydroxyl groups excluding tert-OH is 2. The normalized spacial score (nSPS) is 17.1. The first-order valence-electron chi connectivity index (χ1n) is 11.5. The van der Waals surface area contributed by atoms with Crippen LogP contribution >= 0.6 is 0 Å². The number of alkyl halides is 3. The Bertz CT molecular complexity index is 963. The fourth-order valence-electron chi connectivity index (χ4n) is 3.87. The molecule has 9 heteroatoms. The van der Waals surface area contributed by atoms with Crippen LogP contribution in [0.4, 0.5) is 17.6 Å². The fraction of sp³-hybridized carbons (Fsp3) is 0.423. The molecule has 0 aliphatic heterocycles. The van der Waals surface area contributed by atoms with Gasteiger partial charge in [0.2, 0.25) is 5.82 Å². The summed E-state index contributed by atoms with van der Waals surface area (Å²) in [6.07, 6.45) is 3.62. The first-order chi connectivity index (χ1) is 16.8. The van der Waals surface area contributed by atoms with E-state index in [4.69, 9.17) is 14.9 Å². The number of halogens is 4. The lowest BCUT2D eigenvalue weighted by Gasteiger charge is -2.10. The number of methoxy groups -OCH3 is 1. The highest BCUT2D eigenvalue weighted by Crippen LogP contribution is 2.33. The van der Waals surface area contributed by atoms with Crippen LogP contribution in [-0.2, 0) is 6.18 Å². The van der Waals surface area contributed by atoms with E-state index in [2.05, 4.69) is 4.98 Å². The number of nitrogens with zero attached hydrogens (tertiary/aromatic N) is 2. The molecule has 3 aromatic rings. The average Bonchev–Trinajstić information content (AvgIpc) is 3.54. The van der Waals surface area contributed by atoms with Crippen molar-refractivity contribution in [3.8, 4) is 11.4 Å². The van der Waals surface area contributed by atoms with Gasteiger partial charge in [-0.25, -0.2) is 9.37 Å². The third-order valence-corrected chi connectivity index (χ3v) is 5.66. The molecule has 0 radical (unpaired) electrons. The van der Waals surface area contributed by atoms with Crippen LogP contribution in [0.5, 0.6) is 5.75 Å². The number of ether oxygens (including phenoxy) is 1. The van der Waals surface area contributed by atoms with Crippen molar-refractivity contribution >= 4 is 0 Å². The first kappa shape index (κ1) is 28.3. The van der Waals surface area contributed by atoms with Crippen LogP contribution in [-0.4, -0.2) is 40.1 Å². The van der Waals surface area contributed by atoms with Gasteiger partial charge < -0.3 is 14.9 Å². The lowest BCUT2D eigenvalue weighted by atomic mass is 10.0. The Labute approximate surface area is 203 Å². The molecule has 35 heavy (non-hydrogen) atoms. The Balaban J connectivity index is 0.000000205. The van der Waals surface area contributed by atoms with Gasteiger partial charge in [-0.05, 0) is 73.9 Å². The molecule has 2 aromatic carbocycles. The minimum atomic E-state index is -4.47. The Morgan fingerprint density at radius 2 is 1.66 bits per heavy atom. The molecule has 4 rings (SSSR count). The van der Waals surface area contributed by atoms with Crippen molar-refractivity contribution in [3.05, 3.63) is 78.6 Å². The van der Waals surface area contributed by atoms with E-state index in [0.717, 1.165) is 29.5 Å². The van der Waals surface area contributed by atoms with Gasteiger partial charge in [-0.3, -0.25) is 4.57 Å². The molecule has 0 amide bonds. The predicted molar refractivity (Wildman–Crippen MR) is 126 cm³/mol. The van der Waals surface area contributed by atoms with Crippen LogP contribution in [0.25, 0.3) is 5.69 Å². The van der Waals surface area contributed by atoms with E-state index in [0.29, 0.717) is 30.6 Å². The van der Waals surface area contributed by atoms with Crippen molar-refractivity contribution < 1.29 is 32.5 Å². The van der Waals surface area contributed by atoms with E-state index in [1.54, 1.807) is 30.3 Å². The summed E-state index contributed by atoms with van der Waals surface area (Å²) in [6.45, 7) is 0.677. The molecule has 5 nitrogen and oxygen atoms in total. The highest BCUT2D eigenvalue weighted by atomic mass is 19.4. The molecule has 0 bridgehead atoms. The van der Waals surface area contributed by atoms with Crippen molar-refractivity contribution in [2.45, 2.75) is 38.3 Å². The van der Waals surface area contributed by atoms with E-state index < -0.39 is 12.0 Å². The second-order valence-corrected chi connectivity index (χ2v) is 8.21. The van der Waals surface area contributed by atoms with Crippen molar-refractivity contribution in [1.82, 2.24) is 9.55 Å². The molecule has 0 unspecified atom stereocenters. The summed E-state index contributed by atoms with van der Waals surface area (Å²) in [5, 5.41) is 17.5. The van der Waals surface area contributed by atoms with Gasteiger partial charge in [-0.2, -0.15) is 13.2 Å². The zero-order valence-corrected chi connectivity index (χ0v) is 19.7. The number of aromatic nitrogens is 2. The molecule has 2 N–H and O–H groups in total. The van der Waals surface area contributed by atoms with Crippen molar-refractivity contribution in [2.75, 3.05) is 20.3 Å². The number of imidazole rings is 1. The lowest BCUT2D eigenvalue weighted by Crippen LogP contribution is -2.13. The number of aliphatic hydroxyl groups is 2. The molecule has 1 fully saturated rings. The third-order valence-electron chi connectivity index (χ3n) is 5.66. The second-order valence-electron chi connectivity index (χ2n) is 8.21. The molecule has 0 spiro atoms. The Kier molecular flexibility index (Phi) is 11.7. The van der Waals surface area contributed by atoms with Crippen LogP contribution in [0.3, 0.4) is 0 Å². The average molecular weight is 497 g/mol. The maximum absolute atomic E-state index is 12.6. The second kappa shape index (κ2) is 14.5. The van der Waals surface area contributed by atoms with E-state index in [9.17, 15) is 17.6 Å².